The number of nitrogens with one attached hydrogen (secondary N) is 1. The van der Waals surface area contributed by atoms with Crippen molar-refractivity contribution in [2.45, 2.75) is 0 Å². The zero-order valence-corrected chi connectivity index (χ0v) is 11.6. The van der Waals surface area contributed by atoms with Crippen molar-refractivity contribution in [1.29, 1.82) is 5.41 Å². The lowest BCUT2D eigenvalue weighted by molar-refractivity contribution is 0.340. The van der Waals surface area contributed by atoms with Gasteiger partial charge in [0.2, 0.25) is 5.75 Å². The van der Waals surface area contributed by atoms with Crippen LogP contribution in [-0.2, 0) is 0 Å². The number of nitrogen functional groups attached to an aromatic ring is 1. The molecule has 0 fully saturated rings. The van der Waals surface area contributed by atoms with Crippen molar-refractivity contribution in [1.82, 2.24) is 0 Å². The highest BCUT2D eigenvalue weighted by Gasteiger charge is 2.15. The van der Waals surface area contributed by atoms with Crippen LogP contribution in [0.25, 0.3) is 0 Å². The van der Waals surface area contributed by atoms with Gasteiger partial charge in [-0.25, -0.2) is 4.39 Å². The summed E-state index contributed by atoms with van der Waals surface area (Å²) in [6.45, 7) is 0. The maximum absolute atomic E-state index is 14.0. The Morgan fingerprint density at radius 3 is 2.14 bits per heavy atom. The fraction of sp³-hybridized carbons (Fsp3) is 0.133. The average Bonchev–Trinajstić information content (AvgIpc) is 2.49. The second-order valence-electron chi connectivity index (χ2n) is 4.15. The van der Waals surface area contributed by atoms with Gasteiger partial charge in [-0.15, -0.1) is 0 Å². The molecule has 0 amide bonds. The first kappa shape index (κ1) is 14.6. The summed E-state index contributed by atoms with van der Waals surface area (Å²) in [6.07, 6.45) is 0. The van der Waals surface area contributed by atoms with Crippen molar-refractivity contribution in [2.75, 3.05) is 14.2 Å². The highest BCUT2D eigenvalue weighted by molar-refractivity contribution is 5.95. The Bertz CT molecular complexity index is 652. The molecule has 0 aromatic heterocycles. The molecule has 3 N–H and O–H groups in total. The molecule has 0 atom stereocenters. The van der Waals surface area contributed by atoms with Gasteiger partial charge in [0.1, 0.15) is 5.84 Å². The molecule has 0 saturated heterocycles. The van der Waals surface area contributed by atoms with Crippen LogP contribution in [0.15, 0.2) is 36.4 Å². The van der Waals surface area contributed by atoms with Gasteiger partial charge in [-0.3, -0.25) is 5.41 Å². The van der Waals surface area contributed by atoms with Crippen LogP contribution in [0.1, 0.15) is 5.56 Å². The molecule has 2 aromatic carbocycles. The number of para-hydroxylation sites is 1. The molecule has 2 aromatic rings. The van der Waals surface area contributed by atoms with Crippen LogP contribution in [-0.4, -0.2) is 20.1 Å². The lowest BCUT2D eigenvalue weighted by Crippen LogP contribution is -2.11. The van der Waals surface area contributed by atoms with Gasteiger partial charge in [0.15, 0.2) is 23.1 Å². The molecule has 0 heterocycles. The molecular weight excluding hydrogens is 275 g/mol. The van der Waals surface area contributed by atoms with E-state index in [0.29, 0.717) is 11.5 Å². The number of hydrogen-bond acceptors (Lipinski definition) is 4. The van der Waals surface area contributed by atoms with Crippen LogP contribution in [0, 0.1) is 11.2 Å². The van der Waals surface area contributed by atoms with Crippen LogP contribution in [0.3, 0.4) is 0 Å². The zero-order valence-electron chi connectivity index (χ0n) is 11.6. The summed E-state index contributed by atoms with van der Waals surface area (Å²) >= 11 is 0. The molecule has 0 radical (unpaired) electrons. The number of hydrogen-bond donors (Lipinski definition) is 2. The predicted molar refractivity (Wildman–Crippen MR) is 77.0 cm³/mol. The molecular formula is C15H15FN2O3. The first-order valence-electron chi connectivity index (χ1n) is 6.09. The molecule has 2 rings (SSSR count). The molecule has 0 aliphatic carbocycles. The Morgan fingerprint density at radius 2 is 1.67 bits per heavy atom. The van der Waals surface area contributed by atoms with Crippen molar-refractivity contribution in [2.24, 2.45) is 5.73 Å². The van der Waals surface area contributed by atoms with Crippen molar-refractivity contribution >= 4 is 5.84 Å². The van der Waals surface area contributed by atoms with E-state index >= 15 is 0 Å². The van der Waals surface area contributed by atoms with E-state index in [1.165, 1.54) is 26.4 Å². The molecule has 0 spiro atoms. The van der Waals surface area contributed by atoms with Gasteiger partial charge in [-0.1, -0.05) is 6.07 Å². The number of methoxy groups -OCH3 is 2. The summed E-state index contributed by atoms with van der Waals surface area (Å²) in [5.74, 6) is 0.263. The Labute approximate surface area is 121 Å². The minimum Gasteiger partial charge on any atom is -0.493 e. The van der Waals surface area contributed by atoms with Crippen LogP contribution < -0.4 is 19.9 Å². The van der Waals surface area contributed by atoms with E-state index in [2.05, 4.69) is 0 Å². The first-order valence-corrected chi connectivity index (χ1v) is 6.09. The third-order valence-corrected chi connectivity index (χ3v) is 2.84. The van der Waals surface area contributed by atoms with Crippen LogP contribution in [0.2, 0.25) is 0 Å². The van der Waals surface area contributed by atoms with E-state index in [0.717, 1.165) is 6.07 Å². The molecule has 110 valence electrons. The van der Waals surface area contributed by atoms with Crippen LogP contribution in [0.5, 0.6) is 23.0 Å². The summed E-state index contributed by atoms with van der Waals surface area (Å²) in [7, 11) is 2.97. The lowest BCUT2D eigenvalue weighted by Gasteiger charge is -2.14. The smallest absolute Gasteiger partial charge is 0.211 e. The summed E-state index contributed by atoms with van der Waals surface area (Å²) in [5, 5.41) is 7.28. The highest BCUT2D eigenvalue weighted by atomic mass is 19.1. The Balaban J connectivity index is 2.40. The van der Waals surface area contributed by atoms with E-state index in [1.54, 1.807) is 18.2 Å². The molecule has 0 aliphatic rings. The number of rotatable bonds is 5. The predicted octanol–water partition coefficient (Wildman–Crippen LogP) is 2.92. The summed E-state index contributed by atoms with van der Waals surface area (Å²) < 4.78 is 29.9. The largest absolute Gasteiger partial charge is 0.493 e. The minimum absolute atomic E-state index is 0.0113. The summed E-state index contributed by atoms with van der Waals surface area (Å²) in [5.41, 5.74) is 5.60. The molecule has 0 bridgehead atoms. The minimum atomic E-state index is -0.629. The Kier molecular flexibility index (Phi) is 4.27. The molecule has 6 heteroatoms. The topological polar surface area (TPSA) is 77.6 Å². The molecule has 0 aliphatic heterocycles. The average molecular weight is 290 g/mol. The number of amidine groups is 1. The van der Waals surface area contributed by atoms with E-state index in [9.17, 15) is 4.39 Å². The summed E-state index contributed by atoms with van der Waals surface area (Å²) in [4.78, 5) is 0. The van der Waals surface area contributed by atoms with Gasteiger partial charge in [0.25, 0.3) is 0 Å². The van der Waals surface area contributed by atoms with Crippen LogP contribution >= 0.6 is 0 Å². The van der Waals surface area contributed by atoms with Gasteiger partial charge in [0, 0.05) is 5.56 Å². The third kappa shape index (κ3) is 3.05. The first-order chi connectivity index (χ1) is 10.1. The van der Waals surface area contributed by atoms with Gasteiger partial charge in [-0.2, -0.15) is 0 Å². The fourth-order valence-corrected chi connectivity index (χ4v) is 1.78. The van der Waals surface area contributed by atoms with Crippen molar-refractivity contribution in [3.63, 3.8) is 0 Å². The standard InChI is InChI=1S/C15H15FN2O3/c1-19-12-4-3-5-13(20-2)14(12)21-11-7-6-9(15(17)18)8-10(11)16/h3-8H,1-2H3,(H3,17,18). The van der Waals surface area contributed by atoms with E-state index in [4.69, 9.17) is 25.4 Å². The second-order valence-corrected chi connectivity index (χ2v) is 4.15. The van der Waals surface area contributed by atoms with E-state index in [1.807, 2.05) is 0 Å². The molecule has 21 heavy (non-hydrogen) atoms. The number of benzene rings is 2. The van der Waals surface area contributed by atoms with Gasteiger partial charge in [-0.05, 0) is 30.3 Å². The monoisotopic (exact) mass is 290 g/mol. The van der Waals surface area contributed by atoms with Crippen molar-refractivity contribution in [3.8, 4) is 23.0 Å². The van der Waals surface area contributed by atoms with E-state index in [-0.39, 0.29) is 22.9 Å². The Morgan fingerprint density at radius 1 is 1.05 bits per heavy atom. The second kappa shape index (κ2) is 6.13. The molecule has 0 unspecified atom stereocenters. The van der Waals surface area contributed by atoms with Crippen LogP contribution in [0.4, 0.5) is 4.39 Å². The zero-order chi connectivity index (χ0) is 15.4. The van der Waals surface area contributed by atoms with Crippen molar-refractivity contribution in [3.05, 3.63) is 47.8 Å². The number of nitrogens with two attached hydrogens (primary N) is 1. The Hall–Kier alpha value is -2.76. The number of ether oxygens (including phenoxy) is 3. The molecule has 5 nitrogen and oxygen atoms in total. The quantitative estimate of drug-likeness (QED) is 0.655. The number of halogens is 1. The summed E-state index contributed by atoms with van der Waals surface area (Å²) in [6, 6.07) is 9.14. The van der Waals surface area contributed by atoms with Crippen molar-refractivity contribution < 1.29 is 18.6 Å². The molecule has 0 saturated carbocycles. The van der Waals surface area contributed by atoms with Gasteiger partial charge in [0.05, 0.1) is 14.2 Å². The van der Waals surface area contributed by atoms with Gasteiger partial charge >= 0.3 is 0 Å². The van der Waals surface area contributed by atoms with Gasteiger partial charge < -0.3 is 19.9 Å². The highest BCUT2D eigenvalue weighted by Crippen LogP contribution is 2.40. The lowest BCUT2D eigenvalue weighted by atomic mass is 10.2. The van der Waals surface area contributed by atoms with E-state index < -0.39 is 5.82 Å². The normalized spacial score (nSPS) is 10.0. The maximum Gasteiger partial charge on any atom is 0.211 e. The maximum atomic E-state index is 14.0. The SMILES string of the molecule is COc1cccc(OC)c1Oc1ccc(C(=N)N)cc1F. The third-order valence-electron chi connectivity index (χ3n) is 2.84. The fourth-order valence-electron chi connectivity index (χ4n) is 1.78.